The number of thiophene rings is 1. The molecule has 26 heavy (non-hydrogen) atoms. The molecule has 0 aliphatic carbocycles. The molecule has 2 atom stereocenters. The van der Waals surface area contributed by atoms with E-state index in [1.807, 2.05) is 36.6 Å². The van der Waals surface area contributed by atoms with Crippen LogP contribution < -0.4 is 10.6 Å². The molecule has 1 heterocycles. The first-order valence-corrected chi connectivity index (χ1v) is 9.21. The maximum absolute atomic E-state index is 12.6. The van der Waals surface area contributed by atoms with Crippen LogP contribution in [0.1, 0.15) is 29.0 Å². The summed E-state index contributed by atoms with van der Waals surface area (Å²) in [7, 11) is 0. The van der Waals surface area contributed by atoms with Gasteiger partial charge in [0.1, 0.15) is 0 Å². The number of hydrogen-bond donors (Lipinski definition) is 2. The van der Waals surface area contributed by atoms with Gasteiger partial charge in [-0.1, -0.05) is 42.5 Å². The fourth-order valence-corrected chi connectivity index (χ4v) is 3.50. The first-order chi connectivity index (χ1) is 12.7. The third kappa shape index (κ3) is 4.37. The zero-order valence-electron chi connectivity index (χ0n) is 14.3. The molecule has 0 saturated heterocycles. The van der Waals surface area contributed by atoms with Crippen LogP contribution in [-0.4, -0.2) is 11.9 Å². The van der Waals surface area contributed by atoms with Gasteiger partial charge in [-0.2, -0.15) is 5.26 Å². The van der Waals surface area contributed by atoms with Crippen molar-refractivity contribution in [3.05, 3.63) is 88.1 Å². The van der Waals surface area contributed by atoms with Gasteiger partial charge in [0.05, 0.1) is 23.7 Å². The number of hydrogen-bond acceptors (Lipinski definition) is 4. The molecule has 2 N–H and O–H groups in total. The van der Waals surface area contributed by atoms with Gasteiger partial charge in [0.25, 0.3) is 0 Å². The van der Waals surface area contributed by atoms with Crippen molar-refractivity contribution >= 4 is 22.9 Å². The maximum atomic E-state index is 12.6. The SMILES string of the molecule is C[C@H](N[C@@H](c1ccccc1)c1cccs1)C(=O)Nc1cccc(C#N)c1. The molecule has 1 amide bonds. The van der Waals surface area contributed by atoms with Crippen LogP contribution in [0.3, 0.4) is 0 Å². The zero-order valence-corrected chi connectivity index (χ0v) is 15.2. The van der Waals surface area contributed by atoms with Crippen molar-refractivity contribution in [1.82, 2.24) is 5.32 Å². The Kier molecular flexibility index (Phi) is 5.80. The molecule has 130 valence electrons. The lowest BCUT2D eigenvalue weighted by atomic mass is 10.0. The van der Waals surface area contributed by atoms with Gasteiger partial charge in [-0.25, -0.2) is 0 Å². The van der Waals surface area contributed by atoms with Crippen LogP contribution in [0.5, 0.6) is 0 Å². The molecule has 3 aromatic rings. The number of benzene rings is 2. The molecule has 3 rings (SSSR count). The van der Waals surface area contributed by atoms with E-state index in [0.29, 0.717) is 11.3 Å². The zero-order chi connectivity index (χ0) is 18.4. The second-order valence-electron chi connectivity index (χ2n) is 5.93. The van der Waals surface area contributed by atoms with E-state index in [4.69, 9.17) is 5.26 Å². The predicted octanol–water partition coefficient (Wildman–Crippen LogP) is 4.33. The second kappa shape index (κ2) is 8.43. The molecule has 0 spiro atoms. The second-order valence-corrected chi connectivity index (χ2v) is 6.91. The highest BCUT2D eigenvalue weighted by atomic mass is 32.1. The number of nitrogens with one attached hydrogen (secondary N) is 2. The van der Waals surface area contributed by atoms with Gasteiger partial charge in [0, 0.05) is 10.6 Å². The fraction of sp³-hybridized carbons (Fsp3) is 0.143. The highest BCUT2D eigenvalue weighted by molar-refractivity contribution is 7.10. The minimum absolute atomic E-state index is 0.0533. The summed E-state index contributed by atoms with van der Waals surface area (Å²) in [5.41, 5.74) is 2.25. The molecule has 5 heteroatoms. The molecular weight excluding hydrogens is 342 g/mol. The molecule has 0 bridgehead atoms. The van der Waals surface area contributed by atoms with Crippen LogP contribution >= 0.6 is 11.3 Å². The Morgan fingerprint density at radius 3 is 2.58 bits per heavy atom. The summed E-state index contributed by atoms with van der Waals surface area (Å²) in [5, 5.41) is 17.3. The van der Waals surface area contributed by atoms with E-state index in [1.165, 1.54) is 0 Å². The van der Waals surface area contributed by atoms with Gasteiger partial charge in [0.2, 0.25) is 5.91 Å². The van der Waals surface area contributed by atoms with Crippen molar-refractivity contribution in [1.29, 1.82) is 5.26 Å². The molecule has 2 aromatic carbocycles. The Hall–Kier alpha value is -2.94. The number of nitrogens with zero attached hydrogens (tertiary/aromatic N) is 1. The normalized spacial score (nSPS) is 12.8. The Bertz CT molecular complexity index is 901. The van der Waals surface area contributed by atoms with E-state index in [0.717, 1.165) is 10.4 Å². The first kappa shape index (κ1) is 17.9. The fourth-order valence-electron chi connectivity index (χ4n) is 2.69. The monoisotopic (exact) mass is 361 g/mol. The largest absolute Gasteiger partial charge is 0.325 e. The summed E-state index contributed by atoms with van der Waals surface area (Å²) in [5.74, 6) is -0.141. The average Bonchev–Trinajstić information content (AvgIpc) is 3.21. The van der Waals surface area contributed by atoms with Crippen molar-refractivity contribution in [3.63, 3.8) is 0 Å². The van der Waals surface area contributed by atoms with E-state index in [9.17, 15) is 4.79 Å². The summed E-state index contributed by atoms with van der Waals surface area (Å²) in [6.45, 7) is 1.84. The summed E-state index contributed by atoms with van der Waals surface area (Å²) in [6, 6.07) is 22.7. The highest BCUT2D eigenvalue weighted by Gasteiger charge is 2.21. The van der Waals surface area contributed by atoms with Crippen molar-refractivity contribution in [2.24, 2.45) is 0 Å². The molecule has 0 radical (unpaired) electrons. The van der Waals surface area contributed by atoms with E-state index in [1.54, 1.807) is 35.6 Å². The Morgan fingerprint density at radius 1 is 1.08 bits per heavy atom. The average molecular weight is 361 g/mol. The minimum Gasteiger partial charge on any atom is -0.325 e. The van der Waals surface area contributed by atoms with Crippen molar-refractivity contribution < 1.29 is 4.79 Å². The van der Waals surface area contributed by atoms with Crippen LogP contribution in [0.2, 0.25) is 0 Å². The topological polar surface area (TPSA) is 64.9 Å². The third-order valence-corrected chi connectivity index (χ3v) is 4.97. The van der Waals surface area contributed by atoms with Crippen LogP contribution in [-0.2, 0) is 4.79 Å². The number of carbonyl (C=O) groups is 1. The minimum atomic E-state index is -0.409. The lowest BCUT2D eigenvalue weighted by Crippen LogP contribution is -2.40. The van der Waals surface area contributed by atoms with Crippen molar-refractivity contribution in [2.75, 3.05) is 5.32 Å². The summed E-state index contributed by atoms with van der Waals surface area (Å²) < 4.78 is 0. The van der Waals surface area contributed by atoms with E-state index >= 15 is 0 Å². The Morgan fingerprint density at radius 2 is 1.88 bits per heavy atom. The number of anilines is 1. The van der Waals surface area contributed by atoms with Crippen LogP contribution in [0, 0.1) is 11.3 Å². The van der Waals surface area contributed by atoms with Crippen LogP contribution in [0.15, 0.2) is 72.1 Å². The van der Waals surface area contributed by atoms with Gasteiger partial charge >= 0.3 is 0 Å². The third-order valence-electron chi connectivity index (χ3n) is 4.03. The molecule has 0 unspecified atom stereocenters. The first-order valence-electron chi connectivity index (χ1n) is 8.33. The molecule has 1 aromatic heterocycles. The maximum Gasteiger partial charge on any atom is 0.241 e. The van der Waals surface area contributed by atoms with E-state index in [2.05, 4.69) is 34.9 Å². The summed E-state index contributed by atoms with van der Waals surface area (Å²) in [6.07, 6.45) is 0. The molecule has 4 nitrogen and oxygen atoms in total. The molecular formula is C21H19N3OS. The van der Waals surface area contributed by atoms with Gasteiger partial charge in [0.15, 0.2) is 0 Å². The lowest BCUT2D eigenvalue weighted by molar-refractivity contribution is -0.117. The smallest absolute Gasteiger partial charge is 0.241 e. The van der Waals surface area contributed by atoms with Gasteiger partial charge in [-0.15, -0.1) is 11.3 Å². The molecule has 0 aliphatic rings. The van der Waals surface area contributed by atoms with Gasteiger partial charge in [-0.3, -0.25) is 10.1 Å². The number of carbonyl (C=O) groups excluding carboxylic acids is 1. The van der Waals surface area contributed by atoms with E-state index < -0.39 is 6.04 Å². The number of amides is 1. The standard InChI is InChI=1S/C21H19N3OS/c1-15(21(25)24-18-10-5-7-16(13-18)14-22)23-20(19-11-6-12-26-19)17-8-3-2-4-9-17/h2-13,15,20,23H,1H3,(H,24,25)/t15-,20-/m0/s1. The molecule has 0 aliphatic heterocycles. The van der Waals surface area contributed by atoms with Crippen molar-refractivity contribution in [3.8, 4) is 6.07 Å². The van der Waals surface area contributed by atoms with Gasteiger partial charge in [-0.05, 0) is 42.1 Å². The Labute approximate surface area is 157 Å². The summed E-state index contributed by atoms with van der Waals surface area (Å²) in [4.78, 5) is 13.8. The van der Waals surface area contributed by atoms with Crippen LogP contribution in [0.25, 0.3) is 0 Å². The van der Waals surface area contributed by atoms with Crippen molar-refractivity contribution in [2.45, 2.75) is 19.0 Å². The van der Waals surface area contributed by atoms with Gasteiger partial charge < -0.3 is 5.32 Å². The molecule has 0 fully saturated rings. The number of rotatable bonds is 6. The van der Waals surface area contributed by atoms with E-state index in [-0.39, 0.29) is 11.9 Å². The van der Waals surface area contributed by atoms with Crippen LogP contribution in [0.4, 0.5) is 5.69 Å². The lowest BCUT2D eigenvalue weighted by Gasteiger charge is -2.22. The Balaban J connectivity index is 1.74. The number of nitriles is 1. The predicted molar refractivity (Wildman–Crippen MR) is 105 cm³/mol. The quantitative estimate of drug-likeness (QED) is 0.687. The summed E-state index contributed by atoms with van der Waals surface area (Å²) >= 11 is 1.66. The highest BCUT2D eigenvalue weighted by Crippen LogP contribution is 2.26. The molecule has 0 saturated carbocycles.